The molecular weight excluding hydrogens is 422 g/mol. The second kappa shape index (κ2) is 8.67. The van der Waals surface area contributed by atoms with Crippen molar-refractivity contribution in [3.8, 4) is 0 Å². The minimum absolute atomic E-state index is 0.00819. The van der Waals surface area contributed by atoms with E-state index in [4.69, 9.17) is 23.2 Å². The molecule has 0 amide bonds. The number of aliphatic hydroxyl groups excluding tert-OH is 2. The van der Waals surface area contributed by atoms with E-state index in [1.54, 1.807) is 31.2 Å². The average Bonchev–Trinajstić information content (AvgIpc) is 2.71. The minimum atomic E-state index is -1.11. The van der Waals surface area contributed by atoms with E-state index in [-0.39, 0.29) is 29.0 Å². The first-order valence-corrected chi connectivity index (χ1v) is 9.65. The van der Waals surface area contributed by atoms with Crippen LogP contribution < -0.4 is 11.2 Å². The van der Waals surface area contributed by atoms with Gasteiger partial charge >= 0.3 is 5.69 Å². The van der Waals surface area contributed by atoms with Crippen LogP contribution >= 0.6 is 23.2 Å². The van der Waals surface area contributed by atoms with Gasteiger partial charge in [0, 0.05) is 17.5 Å². The van der Waals surface area contributed by atoms with Crippen LogP contribution in [0.4, 0.5) is 4.39 Å². The predicted octanol–water partition coefficient (Wildman–Crippen LogP) is 2.65. The topological polar surface area (TPSA) is 84.5 Å². The summed E-state index contributed by atoms with van der Waals surface area (Å²) >= 11 is 11.8. The second-order valence-electron chi connectivity index (χ2n) is 6.90. The molecule has 9 heteroatoms. The number of nitrogens with zero attached hydrogens (tertiary/aromatic N) is 2. The number of rotatable bonds is 6. The maximum absolute atomic E-state index is 14.8. The molecule has 0 aliphatic carbocycles. The molecule has 0 aliphatic heterocycles. The number of hydrogen-bond donors (Lipinski definition) is 2. The molecule has 0 bridgehead atoms. The Morgan fingerprint density at radius 1 is 1.07 bits per heavy atom. The molecule has 6 nitrogen and oxygen atoms in total. The largest absolute Gasteiger partial charge is 0.394 e. The molecular formula is C20H19Cl2FN2O4. The summed E-state index contributed by atoms with van der Waals surface area (Å²) in [6, 6.07) is 9.27. The van der Waals surface area contributed by atoms with Gasteiger partial charge in [0.25, 0.3) is 5.56 Å². The summed E-state index contributed by atoms with van der Waals surface area (Å²) in [5, 5.41) is 19.4. The molecule has 0 fully saturated rings. The quantitative estimate of drug-likeness (QED) is 0.616. The molecule has 2 aromatic carbocycles. The Morgan fingerprint density at radius 3 is 2.34 bits per heavy atom. The van der Waals surface area contributed by atoms with Gasteiger partial charge in [-0.2, -0.15) is 0 Å². The summed E-state index contributed by atoms with van der Waals surface area (Å²) < 4.78 is 16.9. The van der Waals surface area contributed by atoms with Gasteiger partial charge in [-0.3, -0.25) is 13.9 Å². The summed E-state index contributed by atoms with van der Waals surface area (Å²) in [4.78, 5) is 26.1. The van der Waals surface area contributed by atoms with Crippen LogP contribution in [0.1, 0.15) is 12.5 Å². The molecule has 29 heavy (non-hydrogen) atoms. The van der Waals surface area contributed by atoms with E-state index in [0.717, 1.165) is 9.13 Å². The van der Waals surface area contributed by atoms with Crippen molar-refractivity contribution in [2.45, 2.75) is 26.1 Å². The van der Waals surface area contributed by atoms with Crippen molar-refractivity contribution < 1.29 is 14.6 Å². The SMILES string of the molecule is CC(Cn1c(=O)n(Cc2ccc(Cl)cc2)c(=O)c2ccc(Cl)c(F)c21)C(O)CO. The van der Waals surface area contributed by atoms with Crippen LogP contribution in [-0.4, -0.2) is 32.1 Å². The molecule has 1 heterocycles. The third-order valence-corrected chi connectivity index (χ3v) is 5.39. The fourth-order valence-electron chi connectivity index (χ4n) is 3.12. The van der Waals surface area contributed by atoms with Crippen LogP contribution in [0.3, 0.4) is 0 Å². The van der Waals surface area contributed by atoms with Crippen LogP contribution in [0.15, 0.2) is 46.0 Å². The van der Waals surface area contributed by atoms with Gasteiger partial charge in [0.2, 0.25) is 0 Å². The average molecular weight is 441 g/mol. The van der Waals surface area contributed by atoms with Crippen molar-refractivity contribution in [3.63, 3.8) is 0 Å². The van der Waals surface area contributed by atoms with Crippen molar-refractivity contribution in [1.29, 1.82) is 0 Å². The molecule has 1 aromatic heterocycles. The normalized spacial score (nSPS) is 13.6. The fourth-order valence-corrected chi connectivity index (χ4v) is 3.40. The van der Waals surface area contributed by atoms with Crippen molar-refractivity contribution in [2.24, 2.45) is 5.92 Å². The zero-order chi connectivity index (χ0) is 21.3. The summed E-state index contributed by atoms with van der Waals surface area (Å²) in [5.74, 6) is -1.47. The highest BCUT2D eigenvalue weighted by Gasteiger charge is 2.22. The second-order valence-corrected chi connectivity index (χ2v) is 7.74. The van der Waals surface area contributed by atoms with E-state index in [2.05, 4.69) is 0 Å². The lowest BCUT2D eigenvalue weighted by Gasteiger charge is -2.21. The van der Waals surface area contributed by atoms with Gasteiger partial charge in [-0.05, 0) is 29.8 Å². The van der Waals surface area contributed by atoms with Gasteiger partial charge in [0.05, 0.1) is 35.2 Å². The predicted molar refractivity (Wildman–Crippen MR) is 110 cm³/mol. The lowest BCUT2D eigenvalue weighted by atomic mass is 10.1. The summed E-state index contributed by atoms with van der Waals surface area (Å²) in [5.41, 5.74) is -0.952. The zero-order valence-electron chi connectivity index (χ0n) is 15.5. The minimum Gasteiger partial charge on any atom is -0.394 e. The third kappa shape index (κ3) is 4.23. The van der Waals surface area contributed by atoms with Crippen molar-refractivity contribution in [1.82, 2.24) is 9.13 Å². The molecule has 2 atom stereocenters. The van der Waals surface area contributed by atoms with Crippen LogP contribution in [0, 0.1) is 11.7 Å². The highest BCUT2D eigenvalue weighted by atomic mass is 35.5. The Morgan fingerprint density at radius 2 is 1.72 bits per heavy atom. The molecule has 0 aliphatic rings. The molecule has 2 unspecified atom stereocenters. The first-order valence-electron chi connectivity index (χ1n) is 8.89. The first-order chi connectivity index (χ1) is 13.7. The van der Waals surface area contributed by atoms with E-state index < -0.39 is 35.7 Å². The van der Waals surface area contributed by atoms with Crippen LogP contribution in [0.5, 0.6) is 0 Å². The van der Waals surface area contributed by atoms with Crippen LogP contribution in [0.2, 0.25) is 10.0 Å². The van der Waals surface area contributed by atoms with Crippen molar-refractivity contribution >= 4 is 34.1 Å². The van der Waals surface area contributed by atoms with E-state index in [0.29, 0.717) is 10.6 Å². The Bertz CT molecular complexity index is 1160. The number of benzene rings is 2. The Hall–Kier alpha value is -2.19. The first kappa shape index (κ1) is 21.5. The van der Waals surface area contributed by atoms with Crippen molar-refractivity contribution in [2.75, 3.05) is 6.61 Å². The van der Waals surface area contributed by atoms with E-state index in [1.165, 1.54) is 12.1 Å². The molecule has 0 radical (unpaired) electrons. The molecule has 3 aromatic rings. The summed E-state index contributed by atoms with van der Waals surface area (Å²) in [6.07, 6.45) is -1.11. The highest BCUT2D eigenvalue weighted by Crippen LogP contribution is 2.23. The smallest absolute Gasteiger partial charge is 0.331 e. The number of halogens is 3. The maximum Gasteiger partial charge on any atom is 0.331 e. The maximum atomic E-state index is 14.8. The fraction of sp³-hybridized carbons (Fsp3) is 0.300. The van der Waals surface area contributed by atoms with E-state index in [9.17, 15) is 24.2 Å². The van der Waals surface area contributed by atoms with Gasteiger partial charge in [-0.25, -0.2) is 9.18 Å². The Kier molecular flexibility index (Phi) is 6.43. The highest BCUT2D eigenvalue weighted by molar-refractivity contribution is 6.31. The standard InChI is InChI=1S/C20H19Cl2FN2O4/c1-11(16(27)10-26)8-24-18-14(6-7-15(22)17(18)23)19(28)25(20(24)29)9-12-2-4-13(21)5-3-12/h2-7,11,16,26-27H,8-10H2,1H3. The zero-order valence-corrected chi connectivity index (χ0v) is 17.0. The summed E-state index contributed by atoms with van der Waals surface area (Å²) in [7, 11) is 0. The molecule has 154 valence electrons. The number of hydrogen-bond acceptors (Lipinski definition) is 4. The molecule has 0 saturated carbocycles. The lowest BCUT2D eigenvalue weighted by molar-refractivity contribution is 0.0471. The van der Waals surface area contributed by atoms with Gasteiger partial charge < -0.3 is 10.2 Å². The molecule has 0 spiro atoms. The summed E-state index contributed by atoms with van der Waals surface area (Å²) in [6.45, 7) is 0.943. The Labute approximate surface area is 175 Å². The van der Waals surface area contributed by atoms with E-state index in [1.807, 2.05) is 0 Å². The van der Waals surface area contributed by atoms with Gasteiger partial charge in [0.15, 0.2) is 5.82 Å². The number of aliphatic hydroxyl groups is 2. The van der Waals surface area contributed by atoms with E-state index >= 15 is 0 Å². The Balaban J connectivity index is 2.25. The number of fused-ring (bicyclic) bond motifs is 1. The van der Waals surface area contributed by atoms with Crippen molar-refractivity contribution in [3.05, 3.63) is 78.7 Å². The lowest BCUT2D eigenvalue weighted by Crippen LogP contribution is -2.42. The van der Waals surface area contributed by atoms with Gasteiger partial charge in [0.1, 0.15) is 0 Å². The van der Waals surface area contributed by atoms with Crippen LogP contribution in [-0.2, 0) is 13.1 Å². The van der Waals surface area contributed by atoms with Gasteiger partial charge in [-0.15, -0.1) is 0 Å². The molecule has 2 N–H and O–H groups in total. The third-order valence-electron chi connectivity index (χ3n) is 4.84. The number of aromatic nitrogens is 2. The molecule has 3 rings (SSSR count). The monoisotopic (exact) mass is 440 g/mol. The van der Waals surface area contributed by atoms with Gasteiger partial charge in [-0.1, -0.05) is 42.3 Å². The molecule has 0 saturated heterocycles. The van der Waals surface area contributed by atoms with Crippen LogP contribution in [0.25, 0.3) is 10.9 Å².